The molecule has 0 heterocycles. The summed E-state index contributed by atoms with van der Waals surface area (Å²) in [5, 5.41) is 11.4. The summed E-state index contributed by atoms with van der Waals surface area (Å²) >= 11 is 0. The molecular formula is C10H14N2O3. The van der Waals surface area contributed by atoms with Gasteiger partial charge in [-0.2, -0.15) is 0 Å². The van der Waals surface area contributed by atoms with Gasteiger partial charge in [-0.25, -0.2) is 0 Å². The van der Waals surface area contributed by atoms with Crippen molar-refractivity contribution in [1.29, 1.82) is 0 Å². The first-order valence-electron chi connectivity index (χ1n) is 4.51. The molecule has 0 fully saturated rings. The van der Waals surface area contributed by atoms with Gasteiger partial charge in [0.15, 0.2) is 17.3 Å². The summed E-state index contributed by atoms with van der Waals surface area (Å²) in [7, 11) is 1.54. The number of hydrogen-bond donors (Lipinski definition) is 2. The second-order valence-electron chi connectivity index (χ2n) is 2.78. The molecule has 0 bridgehead atoms. The summed E-state index contributed by atoms with van der Waals surface area (Å²) < 4.78 is 10.4. The van der Waals surface area contributed by atoms with E-state index in [4.69, 9.17) is 20.4 Å². The van der Waals surface area contributed by atoms with Crippen LogP contribution in [0.1, 0.15) is 12.5 Å². The lowest BCUT2D eigenvalue weighted by atomic mass is 10.2. The molecule has 0 aliphatic carbocycles. The SMILES string of the molecule is CCOc1ccc(/C(N)=N\O)cc1OC. The molecule has 1 aromatic carbocycles. The lowest BCUT2D eigenvalue weighted by Gasteiger charge is -2.10. The third kappa shape index (κ3) is 2.52. The molecule has 0 saturated heterocycles. The highest BCUT2D eigenvalue weighted by molar-refractivity contribution is 5.97. The Balaban J connectivity index is 3.07. The van der Waals surface area contributed by atoms with Gasteiger partial charge in [-0.05, 0) is 25.1 Å². The van der Waals surface area contributed by atoms with Crippen molar-refractivity contribution >= 4 is 5.84 Å². The predicted octanol–water partition coefficient (Wildman–Crippen LogP) is 1.19. The molecule has 82 valence electrons. The number of rotatable bonds is 4. The zero-order valence-corrected chi connectivity index (χ0v) is 8.73. The summed E-state index contributed by atoms with van der Waals surface area (Å²) in [6.45, 7) is 2.44. The molecule has 0 aliphatic rings. The maximum Gasteiger partial charge on any atom is 0.170 e. The molecule has 15 heavy (non-hydrogen) atoms. The minimum atomic E-state index is 0.0383. The van der Waals surface area contributed by atoms with Crippen LogP contribution in [0, 0.1) is 0 Å². The molecule has 5 nitrogen and oxygen atoms in total. The number of ether oxygens (including phenoxy) is 2. The lowest BCUT2D eigenvalue weighted by molar-refractivity contribution is 0.310. The number of oxime groups is 1. The van der Waals surface area contributed by atoms with Gasteiger partial charge < -0.3 is 20.4 Å². The number of amidine groups is 1. The average molecular weight is 210 g/mol. The normalized spacial score (nSPS) is 11.2. The fourth-order valence-electron chi connectivity index (χ4n) is 1.16. The van der Waals surface area contributed by atoms with Crippen molar-refractivity contribution in [3.8, 4) is 11.5 Å². The molecule has 5 heteroatoms. The second-order valence-corrected chi connectivity index (χ2v) is 2.78. The Morgan fingerprint density at radius 1 is 1.47 bits per heavy atom. The van der Waals surface area contributed by atoms with E-state index in [0.717, 1.165) is 0 Å². The fourth-order valence-corrected chi connectivity index (χ4v) is 1.16. The molecule has 1 aromatic rings. The Morgan fingerprint density at radius 2 is 2.20 bits per heavy atom. The maximum atomic E-state index is 8.52. The molecule has 0 radical (unpaired) electrons. The molecular weight excluding hydrogens is 196 g/mol. The van der Waals surface area contributed by atoms with Crippen LogP contribution in [0.5, 0.6) is 11.5 Å². The van der Waals surface area contributed by atoms with Crippen LogP contribution in [0.4, 0.5) is 0 Å². The standard InChI is InChI=1S/C10H14N2O3/c1-3-15-8-5-4-7(10(11)12-13)6-9(8)14-2/h4-6,13H,3H2,1-2H3,(H2,11,12). The van der Waals surface area contributed by atoms with Gasteiger partial charge >= 0.3 is 0 Å². The monoisotopic (exact) mass is 210 g/mol. The highest BCUT2D eigenvalue weighted by Crippen LogP contribution is 2.27. The summed E-state index contributed by atoms with van der Waals surface area (Å²) in [6.07, 6.45) is 0. The van der Waals surface area contributed by atoms with Crippen molar-refractivity contribution in [2.24, 2.45) is 10.9 Å². The van der Waals surface area contributed by atoms with E-state index in [2.05, 4.69) is 5.16 Å². The van der Waals surface area contributed by atoms with E-state index in [-0.39, 0.29) is 5.84 Å². The molecule has 0 amide bonds. The summed E-state index contributed by atoms with van der Waals surface area (Å²) in [5.41, 5.74) is 6.03. The van der Waals surface area contributed by atoms with Crippen LogP contribution in [0.3, 0.4) is 0 Å². The molecule has 0 atom stereocenters. The van der Waals surface area contributed by atoms with E-state index in [1.165, 1.54) is 7.11 Å². The van der Waals surface area contributed by atoms with Gasteiger partial charge in [0.25, 0.3) is 0 Å². The van der Waals surface area contributed by atoms with Crippen LogP contribution < -0.4 is 15.2 Å². The summed E-state index contributed by atoms with van der Waals surface area (Å²) in [6, 6.07) is 5.07. The number of hydrogen-bond acceptors (Lipinski definition) is 4. The van der Waals surface area contributed by atoms with E-state index in [9.17, 15) is 0 Å². The van der Waals surface area contributed by atoms with Gasteiger partial charge in [0.2, 0.25) is 0 Å². The number of benzene rings is 1. The highest BCUT2D eigenvalue weighted by Gasteiger charge is 2.07. The van der Waals surface area contributed by atoms with Gasteiger partial charge in [-0.1, -0.05) is 5.16 Å². The van der Waals surface area contributed by atoms with E-state index in [1.54, 1.807) is 18.2 Å². The first-order valence-corrected chi connectivity index (χ1v) is 4.51. The smallest absolute Gasteiger partial charge is 0.170 e. The van der Waals surface area contributed by atoms with E-state index in [1.807, 2.05) is 6.92 Å². The number of nitrogens with two attached hydrogens (primary N) is 1. The Hall–Kier alpha value is -1.91. The maximum absolute atomic E-state index is 8.52. The second kappa shape index (κ2) is 5.09. The lowest BCUT2D eigenvalue weighted by Crippen LogP contribution is -2.13. The van der Waals surface area contributed by atoms with Crippen LogP contribution in [0.2, 0.25) is 0 Å². The van der Waals surface area contributed by atoms with Crippen LogP contribution >= 0.6 is 0 Å². The summed E-state index contributed by atoms with van der Waals surface area (Å²) in [5.74, 6) is 1.23. The summed E-state index contributed by atoms with van der Waals surface area (Å²) in [4.78, 5) is 0. The Kier molecular flexibility index (Phi) is 3.79. The number of methoxy groups -OCH3 is 1. The van der Waals surface area contributed by atoms with E-state index >= 15 is 0 Å². The molecule has 0 saturated carbocycles. The van der Waals surface area contributed by atoms with Gasteiger partial charge in [0.05, 0.1) is 13.7 Å². The molecule has 1 rings (SSSR count). The van der Waals surface area contributed by atoms with Crippen LogP contribution in [-0.4, -0.2) is 24.8 Å². The molecule has 0 aromatic heterocycles. The molecule has 0 aliphatic heterocycles. The first kappa shape index (κ1) is 11.2. The Morgan fingerprint density at radius 3 is 2.73 bits per heavy atom. The van der Waals surface area contributed by atoms with E-state index < -0.39 is 0 Å². The average Bonchev–Trinajstić information content (AvgIpc) is 2.29. The minimum absolute atomic E-state index is 0.0383. The van der Waals surface area contributed by atoms with Crippen molar-refractivity contribution in [1.82, 2.24) is 0 Å². The largest absolute Gasteiger partial charge is 0.493 e. The van der Waals surface area contributed by atoms with Crippen molar-refractivity contribution in [2.75, 3.05) is 13.7 Å². The minimum Gasteiger partial charge on any atom is -0.493 e. The Labute approximate surface area is 88.1 Å². The van der Waals surface area contributed by atoms with Crippen molar-refractivity contribution in [3.05, 3.63) is 23.8 Å². The van der Waals surface area contributed by atoms with Crippen molar-refractivity contribution < 1.29 is 14.7 Å². The Bertz CT molecular complexity index is 364. The van der Waals surface area contributed by atoms with Crippen LogP contribution in [0.25, 0.3) is 0 Å². The zero-order valence-electron chi connectivity index (χ0n) is 8.73. The molecule has 0 spiro atoms. The third-order valence-corrected chi connectivity index (χ3v) is 1.87. The first-order chi connectivity index (χ1) is 7.22. The van der Waals surface area contributed by atoms with Gasteiger partial charge in [0.1, 0.15) is 0 Å². The topological polar surface area (TPSA) is 77.1 Å². The van der Waals surface area contributed by atoms with Gasteiger partial charge in [-0.15, -0.1) is 0 Å². The third-order valence-electron chi connectivity index (χ3n) is 1.87. The van der Waals surface area contributed by atoms with Gasteiger partial charge in [0, 0.05) is 5.56 Å². The predicted molar refractivity (Wildman–Crippen MR) is 56.7 cm³/mol. The highest BCUT2D eigenvalue weighted by atomic mass is 16.5. The number of nitrogens with zero attached hydrogens (tertiary/aromatic N) is 1. The zero-order chi connectivity index (χ0) is 11.3. The van der Waals surface area contributed by atoms with Crippen molar-refractivity contribution in [2.45, 2.75) is 6.92 Å². The fraction of sp³-hybridized carbons (Fsp3) is 0.300. The van der Waals surface area contributed by atoms with Gasteiger partial charge in [-0.3, -0.25) is 0 Å². The molecule has 0 unspecified atom stereocenters. The van der Waals surface area contributed by atoms with Crippen LogP contribution in [-0.2, 0) is 0 Å². The quantitative estimate of drug-likeness (QED) is 0.338. The van der Waals surface area contributed by atoms with E-state index in [0.29, 0.717) is 23.7 Å². The van der Waals surface area contributed by atoms with Crippen LogP contribution in [0.15, 0.2) is 23.4 Å². The van der Waals surface area contributed by atoms with Crippen molar-refractivity contribution in [3.63, 3.8) is 0 Å². The molecule has 3 N–H and O–H groups in total.